The fourth-order valence-electron chi connectivity index (χ4n) is 1.23. The highest BCUT2D eigenvalue weighted by Crippen LogP contribution is 2.29. The lowest BCUT2D eigenvalue weighted by atomic mass is 10.2. The highest BCUT2D eigenvalue weighted by atomic mass is 79.9. The summed E-state index contributed by atoms with van der Waals surface area (Å²) in [5, 5.41) is 3.77. The Morgan fingerprint density at radius 1 is 1.47 bits per heavy atom. The summed E-state index contributed by atoms with van der Waals surface area (Å²) in [5.41, 5.74) is 4.34. The van der Waals surface area contributed by atoms with Crippen LogP contribution in [0.2, 0.25) is 5.02 Å². The largest absolute Gasteiger partial charge is 0.324 e. The molecule has 0 aliphatic heterocycles. The Labute approximate surface area is 115 Å². The van der Waals surface area contributed by atoms with Crippen molar-refractivity contribution in [2.45, 2.75) is 26.8 Å². The molecule has 6 heteroatoms. The first-order valence-corrected chi connectivity index (χ1v) is 6.38. The molecule has 0 heterocycles. The summed E-state index contributed by atoms with van der Waals surface area (Å²) < 4.78 is 0.908. The van der Waals surface area contributed by atoms with Gasteiger partial charge in [-0.15, -0.1) is 0 Å². The van der Waals surface area contributed by atoms with Crippen molar-refractivity contribution in [3.05, 3.63) is 27.2 Å². The molecule has 1 aromatic carbocycles. The molecule has 1 rings (SSSR count). The summed E-state index contributed by atoms with van der Waals surface area (Å²) in [6.45, 7) is 5.88. The van der Waals surface area contributed by atoms with Gasteiger partial charge in [0, 0.05) is 15.5 Å². The minimum atomic E-state index is 0.147. The van der Waals surface area contributed by atoms with Crippen molar-refractivity contribution >= 4 is 39.2 Å². The van der Waals surface area contributed by atoms with Crippen LogP contribution in [0.5, 0.6) is 0 Å². The number of aliphatic imine (C=N–C) groups is 1. The number of nitrogens with zero attached hydrogens (tertiary/aromatic N) is 1. The van der Waals surface area contributed by atoms with E-state index in [1.807, 2.05) is 32.9 Å². The van der Waals surface area contributed by atoms with Gasteiger partial charge in [0.2, 0.25) is 5.96 Å². The molecule has 0 radical (unpaired) electrons. The fourth-order valence-corrected chi connectivity index (χ4v) is 1.95. The molecule has 0 unspecified atom stereocenters. The van der Waals surface area contributed by atoms with E-state index in [1.165, 1.54) is 0 Å². The van der Waals surface area contributed by atoms with E-state index in [4.69, 9.17) is 17.4 Å². The molecule has 4 N–H and O–H groups in total. The predicted molar refractivity (Wildman–Crippen MR) is 77.4 cm³/mol. The van der Waals surface area contributed by atoms with Crippen molar-refractivity contribution in [3.8, 4) is 0 Å². The number of guanidine groups is 1. The molecule has 0 aliphatic carbocycles. The molecule has 0 fully saturated rings. The maximum Gasteiger partial charge on any atom is 0.210 e. The van der Waals surface area contributed by atoms with Crippen molar-refractivity contribution in [2.24, 2.45) is 10.8 Å². The number of nitrogens with two attached hydrogens (primary N) is 1. The van der Waals surface area contributed by atoms with E-state index in [0.717, 1.165) is 15.7 Å². The van der Waals surface area contributed by atoms with Crippen LogP contribution in [0.3, 0.4) is 0 Å². The number of halogens is 2. The lowest BCUT2D eigenvalue weighted by molar-refractivity contribution is 0.819. The molecule has 1 aromatic rings. The van der Waals surface area contributed by atoms with Gasteiger partial charge in [0.1, 0.15) is 0 Å². The average Bonchev–Trinajstić information content (AvgIpc) is 2.24. The summed E-state index contributed by atoms with van der Waals surface area (Å²) in [5.74, 6) is 5.90. The molecular formula is C11H16BrClN4. The van der Waals surface area contributed by atoms with Gasteiger partial charge < -0.3 is 5.32 Å². The Morgan fingerprint density at radius 2 is 2.12 bits per heavy atom. The van der Waals surface area contributed by atoms with Gasteiger partial charge in [-0.1, -0.05) is 11.6 Å². The molecule has 0 aliphatic rings. The fraction of sp³-hybridized carbons (Fsp3) is 0.364. The summed E-state index contributed by atoms with van der Waals surface area (Å²) in [6, 6.07) is 3.91. The standard InChI is InChI=1S/C11H16BrClN4/c1-6(2)15-11(17-14)16-10-5-9(13)7(3)4-8(10)12/h4-6H,14H2,1-3H3,(H2,15,16,17). The molecule has 17 heavy (non-hydrogen) atoms. The molecule has 0 aromatic heterocycles. The first-order chi connectivity index (χ1) is 7.93. The van der Waals surface area contributed by atoms with Gasteiger partial charge in [0.05, 0.1) is 5.69 Å². The zero-order valence-corrected chi connectivity index (χ0v) is 12.4. The third-order valence-corrected chi connectivity index (χ3v) is 3.09. The lowest BCUT2D eigenvalue weighted by Crippen LogP contribution is -2.37. The third kappa shape index (κ3) is 4.18. The van der Waals surface area contributed by atoms with Crippen LogP contribution in [-0.4, -0.2) is 12.0 Å². The van der Waals surface area contributed by atoms with Crippen LogP contribution in [0, 0.1) is 6.92 Å². The van der Waals surface area contributed by atoms with Gasteiger partial charge in [-0.2, -0.15) is 0 Å². The van der Waals surface area contributed by atoms with E-state index in [1.54, 1.807) is 0 Å². The van der Waals surface area contributed by atoms with Crippen LogP contribution in [0.15, 0.2) is 21.6 Å². The Morgan fingerprint density at radius 3 is 2.65 bits per heavy atom. The van der Waals surface area contributed by atoms with E-state index in [0.29, 0.717) is 11.0 Å². The minimum Gasteiger partial charge on any atom is -0.324 e. The van der Waals surface area contributed by atoms with Crippen molar-refractivity contribution < 1.29 is 0 Å². The van der Waals surface area contributed by atoms with Crippen molar-refractivity contribution in [1.29, 1.82) is 0 Å². The first-order valence-electron chi connectivity index (χ1n) is 5.21. The topological polar surface area (TPSA) is 62.4 Å². The quantitative estimate of drug-likeness (QED) is 0.340. The number of nitrogens with one attached hydrogen (secondary N) is 2. The SMILES string of the molecule is Cc1cc(Br)c(NC(=NC(C)C)NN)cc1Cl. The third-order valence-electron chi connectivity index (χ3n) is 2.03. The molecule has 94 valence electrons. The van der Waals surface area contributed by atoms with Gasteiger partial charge in [-0.3, -0.25) is 5.43 Å². The molecule has 0 saturated carbocycles. The number of hydrogen-bond acceptors (Lipinski definition) is 2. The van der Waals surface area contributed by atoms with Crippen LogP contribution in [0.1, 0.15) is 19.4 Å². The van der Waals surface area contributed by atoms with Gasteiger partial charge in [0.15, 0.2) is 0 Å². The molecule has 0 spiro atoms. The maximum absolute atomic E-state index is 6.07. The second kappa shape index (κ2) is 6.23. The Kier molecular flexibility index (Phi) is 5.24. The van der Waals surface area contributed by atoms with Gasteiger partial charge in [-0.05, 0) is 54.4 Å². The second-order valence-electron chi connectivity index (χ2n) is 3.92. The maximum atomic E-state index is 6.07. The predicted octanol–water partition coefficient (Wildman–Crippen LogP) is 3.05. The summed E-state index contributed by atoms with van der Waals surface area (Å²) in [6.07, 6.45) is 0. The Balaban J connectivity index is 2.98. The zero-order chi connectivity index (χ0) is 13.0. The summed E-state index contributed by atoms with van der Waals surface area (Å²) in [4.78, 5) is 4.29. The van der Waals surface area contributed by atoms with Gasteiger partial charge in [0.25, 0.3) is 0 Å². The monoisotopic (exact) mass is 318 g/mol. The van der Waals surface area contributed by atoms with Gasteiger partial charge in [-0.25, -0.2) is 10.8 Å². The molecule has 0 saturated heterocycles. The molecule has 4 nitrogen and oxygen atoms in total. The number of aryl methyl sites for hydroxylation is 1. The minimum absolute atomic E-state index is 0.147. The van der Waals surface area contributed by atoms with Crippen molar-refractivity contribution in [1.82, 2.24) is 5.43 Å². The molecular weight excluding hydrogens is 304 g/mol. The van der Waals surface area contributed by atoms with E-state index in [9.17, 15) is 0 Å². The van der Waals surface area contributed by atoms with Gasteiger partial charge >= 0.3 is 0 Å². The highest BCUT2D eigenvalue weighted by molar-refractivity contribution is 9.10. The van der Waals surface area contributed by atoms with Crippen LogP contribution in [0.25, 0.3) is 0 Å². The smallest absolute Gasteiger partial charge is 0.210 e. The van der Waals surface area contributed by atoms with E-state index >= 15 is 0 Å². The van der Waals surface area contributed by atoms with E-state index in [2.05, 4.69) is 31.7 Å². The number of benzene rings is 1. The summed E-state index contributed by atoms with van der Waals surface area (Å²) >= 11 is 9.53. The first kappa shape index (κ1) is 14.3. The Hall–Kier alpha value is -0.780. The van der Waals surface area contributed by atoms with Crippen molar-refractivity contribution in [3.63, 3.8) is 0 Å². The van der Waals surface area contributed by atoms with Crippen LogP contribution in [0.4, 0.5) is 5.69 Å². The normalized spacial score (nSPS) is 11.8. The lowest BCUT2D eigenvalue weighted by Gasteiger charge is -2.13. The van der Waals surface area contributed by atoms with Crippen molar-refractivity contribution in [2.75, 3.05) is 5.32 Å². The van der Waals surface area contributed by atoms with E-state index in [-0.39, 0.29) is 6.04 Å². The number of anilines is 1. The number of rotatable bonds is 2. The van der Waals surface area contributed by atoms with Crippen LogP contribution < -0.4 is 16.6 Å². The molecule has 0 bridgehead atoms. The summed E-state index contributed by atoms with van der Waals surface area (Å²) in [7, 11) is 0. The van der Waals surface area contributed by atoms with Crippen LogP contribution >= 0.6 is 27.5 Å². The second-order valence-corrected chi connectivity index (χ2v) is 5.18. The zero-order valence-electron chi connectivity index (χ0n) is 10.0. The van der Waals surface area contributed by atoms with E-state index < -0.39 is 0 Å². The highest BCUT2D eigenvalue weighted by Gasteiger charge is 2.06. The number of hydrazine groups is 1. The Bertz CT molecular complexity index is 432. The molecule has 0 atom stereocenters. The average molecular weight is 320 g/mol. The number of hydrogen-bond donors (Lipinski definition) is 3. The van der Waals surface area contributed by atoms with Crippen LogP contribution in [-0.2, 0) is 0 Å². The molecule has 0 amide bonds.